The van der Waals surface area contributed by atoms with Gasteiger partial charge in [-0.1, -0.05) is 121 Å². The van der Waals surface area contributed by atoms with E-state index in [9.17, 15) is 0 Å². The average molecular weight is 643 g/mol. The number of hydrogen-bond acceptors (Lipinski definition) is 3. The Bertz CT molecular complexity index is 3050. The van der Waals surface area contributed by atoms with Crippen molar-refractivity contribution in [3.8, 4) is 33.6 Å². The minimum Gasteiger partial charge on any atom is -0.452 e. The summed E-state index contributed by atoms with van der Waals surface area (Å²) < 4.78 is 16.3. The van der Waals surface area contributed by atoms with E-state index < -0.39 is 0 Å². The van der Waals surface area contributed by atoms with Gasteiger partial charge in [0.1, 0.15) is 11.3 Å². The van der Waals surface area contributed by atoms with Crippen molar-refractivity contribution in [2.24, 2.45) is 0 Å². The highest BCUT2D eigenvalue weighted by Crippen LogP contribution is 2.51. The highest BCUT2D eigenvalue weighted by atomic mass is 32.1. The van der Waals surface area contributed by atoms with Gasteiger partial charge in [0.15, 0.2) is 11.2 Å². The summed E-state index contributed by atoms with van der Waals surface area (Å²) in [4.78, 5) is 0. The summed E-state index contributed by atoms with van der Waals surface area (Å²) in [6.07, 6.45) is 0. The van der Waals surface area contributed by atoms with Gasteiger partial charge in [0.25, 0.3) is 0 Å². The van der Waals surface area contributed by atoms with Gasteiger partial charge in [-0.05, 0) is 74.6 Å². The third-order valence-corrected chi connectivity index (χ3v) is 11.2. The van der Waals surface area contributed by atoms with Crippen LogP contribution in [0.2, 0.25) is 0 Å². The quantitative estimate of drug-likeness (QED) is 0.179. The summed E-state index contributed by atoms with van der Waals surface area (Å²) in [6, 6.07) is 56.5. The molecule has 0 saturated carbocycles. The van der Waals surface area contributed by atoms with Crippen LogP contribution in [0.5, 0.6) is 0 Å². The molecule has 0 radical (unpaired) electrons. The fraction of sp³-hybridized carbons (Fsp3) is 0. The van der Waals surface area contributed by atoms with Crippen molar-refractivity contribution in [1.29, 1.82) is 0 Å². The van der Waals surface area contributed by atoms with E-state index in [2.05, 4.69) is 146 Å². The van der Waals surface area contributed by atoms with Gasteiger partial charge in [-0.3, -0.25) is 0 Å². The van der Waals surface area contributed by atoms with Crippen LogP contribution in [-0.2, 0) is 0 Å². The van der Waals surface area contributed by atoms with Crippen molar-refractivity contribution in [2.45, 2.75) is 0 Å². The van der Waals surface area contributed by atoms with E-state index in [0.29, 0.717) is 0 Å². The first-order chi connectivity index (χ1) is 24.3. The Kier molecular flexibility index (Phi) is 5.57. The molecule has 0 N–H and O–H groups in total. The lowest BCUT2D eigenvalue weighted by atomic mass is 9.86. The van der Waals surface area contributed by atoms with Crippen LogP contribution in [0.4, 0.5) is 0 Å². The van der Waals surface area contributed by atoms with Crippen LogP contribution in [0.25, 0.3) is 108 Å². The molecule has 11 rings (SSSR count). The topological polar surface area (TPSA) is 26.3 Å². The van der Waals surface area contributed by atoms with Gasteiger partial charge in [-0.25, -0.2) is 0 Å². The molecular weight excluding hydrogens is 617 g/mol. The maximum atomic E-state index is 7.15. The molecule has 0 atom stereocenters. The molecule has 0 aliphatic carbocycles. The summed E-state index contributed by atoms with van der Waals surface area (Å²) in [5, 5.41) is 10.5. The first kappa shape index (κ1) is 26.9. The van der Waals surface area contributed by atoms with Crippen LogP contribution in [-0.4, -0.2) is 0 Å². The number of thiophene rings is 1. The van der Waals surface area contributed by atoms with Crippen molar-refractivity contribution in [3.05, 3.63) is 158 Å². The van der Waals surface area contributed by atoms with E-state index >= 15 is 0 Å². The second-order valence-electron chi connectivity index (χ2n) is 12.7. The largest absolute Gasteiger partial charge is 0.452 e. The Morgan fingerprint density at radius 1 is 0.327 bits per heavy atom. The zero-order valence-electron chi connectivity index (χ0n) is 26.2. The Morgan fingerprint density at radius 3 is 1.65 bits per heavy atom. The Labute approximate surface area is 285 Å². The molecular formula is C46H26O2S. The molecule has 3 heteroatoms. The van der Waals surface area contributed by atoms with Crippen LogP contribution < -0.4 is 0 Å². The van der Waals surface area contributed by atoms with Crippen molar-refractivity contribution >= 4 is 86.0 Å². The predicted octanol–water partition coefficient (Wildman–Crippen LogP) is 14.0. The summed E-state index contributed by atoms with van der Waals surface area (Å²) in [5.41, 5.74) is 8.15. The molecule has 0 aliphatic rings. The van der Waals surface area contributed by atoms with E-state index in [-0.39, 0.29) is 0 Å². The summed E-state index contributed by atoms with van der Waals surface area (Å²) in [6.45, 7) is 0. The molecule has 3 aromatic heterocycles. The van der Waals surface area contributed by atoms with Gasteiger partial charge in [0.2, 0.25) is 0 Å². The maximum Gasteiger partial charge on any atom is 0.178 e. The Hall–Kier alpha value is -6.16. The fourth-order valence-electron chi connectivity index (χ4n) is 7.97. The lowest BCUT2D eigenvalue weighted by Gasteiger charge is -2.17. The van der Waals surface area contributed by atoms with Gasteiger partial charge >= 0.3 is 0 Å². The Balaban J connectivity index is 1.28. The molecule has 0 amide bonds. The minimum atomic E-state index is 0.773. The van der Waals surface area contributed by atoms with Gasteiger partial charge in [-0.15, -0.1) is 11.3 Å². The molecule has 0 fully saturated rings. The van der Waals surface area contributed by atoms with Crippen LogP contribution in [0.1, 0.15) is 0 Å². The molecule has 0 aliphatic heterocycles. The molecule has 11 aromatic rings. The zero-order valence-corrected chi connectivity index (χ0v) is 27.1. The van der Waals surface area contributed by atoms with E-state index in [1.54, 1.807) is 0 Å². The smallest absolute Gasteiger partial charge is 0.178 e. The van der Waals surface area contributed by atoms with Crippen LogP contribution >= 0.6 is 11.3 Å². The number of para-hydroxylation sites is 1. The first-order valence-electron chi connectivity index (χ1n) is 16.6. The van der Waals surface area contributed by atoms with E-state index in [4.69, 9.17) is 8.83 Å². The number of furan rings is 2. The summed E-state index contributed by atoms with van der Waals surface area (Å²) in [5.74, 6) is 0.854. The molecule has 49 heavy (non-hydrogen) atoms. The van der Waals surface area contributed by atoms with Crippen LogP contribution in [0.3, 0.4) is 0 Å². The van der Waals surface area contributed by atoms with Crippen molar-refractivity contribution < 1.29 is 8.83 Å². The lowest BCUT2D eigenvalue weighted by Crippen LogP contribution is -1.91. The SMILES string of the molecule is c1ccc(-c2c(-c3c4ccccc4c(-c4ccc5sc6ccccc6c5c4)c4ccccc34)oc3c2ccc2c4ccccc4oc23)cc1. The van der Waals surface area contributed by atoms with Gasteiger partial charge in [-0.2, -0.15) is 0 Å². The second-order valence-corrected chi connectivity index (χ2v) is 13.8. The molecule has 3 heterocycles. The first-order valence-corrected chi connectivity index (χ1v) is 17.4. The molecule has 0 bridgehead atoms. The highest BCUT2D eigenvalue weighted by molar-refractivity contribution is 7.25. The molecule has 8 aromatic carbocycles. The van der Waals surface area contributed by atoms with E-state index in [1.807, 2.05) is 23.5 Å². The van der Waals surface area contributed by atoms with Crippen LogP contribution in [0, 0.1) is 0 Å². The normalized spacial score (nSPS) is 12.1. The van der Waals surface area contributed by atoms with Gasteiger partial charge in [0, 0.05) is 47.5 Å². The van der Waals surface area contributed by atoms with E-state index in [1.165, 1.54) is 42.1 Å². The number of fused-ring (bicyclic) bond motifs is 10. The fourth-order valence-corrected chi connectivity index (χ4v) is 9.06. The number of hydrogen-bond donors (Lipinski definition) is 0. The number of rotatable bonds is 3. The van der Waals surface area contributed by atoms with Crippen molar-refractivity contribution in [2.75, 3.05) is 0 Å². The van der Waals surface area contributed by atoms with E-state index in [0.717, 1.165) is 66.1 Å². The predicted molar refractivity (Wildman–Crippen MR) is 208 cm³/mol. The average Bonchev–Trinajstić information content (AvgIpc) is 3.85. The highest BCUT2D eigenvalue weighted by Gasteiger charge is 2.26. The van der Waals surface area contributed by atoms with Gasteiger partial charge in [0.05, 0.1) is 0 Å². The third-order valence-electron chi connectivity index (χ3n) is 10.1. The standard InChI is InChI=1S/C46H26O2S/c1-2-12-27(13-3-1)42-36-24-23-35-29-14-8-10-20-38(29)47-44(35)45(36)48-46(42)43-33-18-6-4-16-31(33)41(32-17-5-7-19-34(32)43)28-22-25-40-37(26-28)30-15-9-11-21-39(30)49-40/h1-26H. The maximum absolute atomic E-state index is 7.15. The van der Waals surface area contributed by atoms with Crippen LogP contribution in [0.15, 0.2) is 167 Å². The summed E-state index contributed by atoms with van der Waals surface area (Å²) >= 11 is 1.86. The molecule has 0 saturated heterocycles. The summed E-state index contributed by atoms with van der Waals surface area (Å²) in [7, 11) is 0. The second kappa shape index (κ2) is 10.2. The zero-order chi connectivity index (χ0) is 32.1. The molecule has 228 valence electrons. The van der Waals surface area contributed by atoms with Gasteiger partial charge < -0.3 is 8.83 Å². The molecule has 0 spiro atoms. The third kappa shape index (κ3) is 3.82. The minimum absolute atomic E-state index is 0.773. The molecule has 2 nitrogen and oxygen atoms in total. The lowest BCUT2D eigenvalue weighted by molar-refractivity contribution is 0.613. The Morgan fingerprint density at radius 2 is 0.898 bits per heavy atom. The van der Waals surface area contributed by atoms with Crippen molar-refractivity contribution in [1.82, 2.24) is 0 Å². The van der Waals surface area contributed by atoms with Crippen molar-refractivity contribution in [3.63, 3.8) is 0 Å². The number of benzene rings is 8. The molecule has 0 unspecified atom stereocenters. The monoisotopic (exact) mass is 642 g/mol.